The first-order valence-corrected chi connectivity index (χ1v) is 15.8. The maximum absolute atomic E-state index is 12.4. The van der Waals surface area contributed by atoms with Crippen LogP contribution in [0.25, 0.3) is 5.57 Å². The normalized spacial score (nSPS) is 10.8. The van der Waals surface area contributed by atoms with E-state index in [1.807, 2.05) is 124 Å². The summed E-state index contributed by atoms with van der Waals surface area (Å²) in [5, 5.41) is 3.22. The predicted octanol–water partition coefficient (Wildman–Crippen LogP) is 8.88. The molecule has 0 radical (unpaired) electrons. The summed E-state index contributed by atoms with van der Waals surface area (Å²) in [5.74, 6) is -0.551. The van der Waals surface area contributed by atoms with Crippen molar-refractivity contribution >= 4 is 60.7 Å². The number of benzene rings is 4. The predicted molar refractivity (Wildman–Crippen MR) is 187 cm³/mol. The van der Waals surface area contributed by atoms with Gasteiger partial charge in [-0.1, -0.05) is 92.5 Å². The molecule has 230 valence electrons. The van der Waals surface area contributed by atoms with Gasteiger partial charge in [-0.3, -0.25) is 4.79 Å². The molecule has 0 aliphatic heterocycles. The van der Waals surface area contributed by atoms with E-state index >= 15 is 0 Å². The first-order chi connectivity index (χ1) is 21.1. The van der Waals surface area contributed by atoms with Crippen molar-refractivity contribution in [2.45, 2.75) is 33.8 Å². The minimum Gasteiger partial charge on any atom is -0.462 e. The molecule has 4 aromatic rings. The highest BCUT2D eigenvalue weighted by atomic mass is 79.9. The summed E-state index contributed by atoms with van der Waals surface area (Å²) >= 11 is 6.98. The van der Waals surface area contributed by atoms with Crippen molar-refractivity contribution in [3.63, 3.8) is 0 Å². The summed E-state index contributed by atoms with van der Waals surface area (Å²) < 4.78 is 12.5. The van der Waals surface area contributed by atoms with Crippen molar-refractivity contribution in [2.75, 3.05) is 30.9 Å². The van der Waals surface area contributed by atoms with E-state index in [1.165, 1.54) is 0 Å². The number of carbonyl (C=O) groups excluding carboxylic acids is 2. The van der Waals surface area contributed by atoms with Crippen LogP contribution in [0.4, 0.5) is 11.4 Å². The maximum Gasteiger partial charge on any atom is 0.340 e. The quantitative estimate of drug-likeness (QED) is 0.130. The molecule has 6 nitrogen and oxygen atoms in total. The molecule has 0 saturated heterocycles. The molecular formula is C36H38Br2N2O4. The van der Waals surface area contributed by atoms with Crippen LogP contribution in [0.2, 0.25) is 0 Å². The molecule has 0 spiro atoms. The van der Waals surface area contributed by atoms with Crippen LogP contribution in [0.15, 0.2) is 106 Å². The number of esters is 2. The molecule has 0 unspecified atom stereocenters. The number of rotatable bonds is 10. The molecule has 0 fully saturated rings. The molecule has 0 amide bonds. The summed E-state index contributed by atoms with van der Waals surface area (Å²) in [4.78, 5) is 26.3. The third-order valence-electron chi connectivity index (χ3n) is 6.76. The smallest absolute Gasteiger partial charge is 0.340 e. The van der Waals surface area contributed by atoms with Gasteiger partial charge in [-0.25, -0.2) is 4.79 Å². The Morgan fingerprint density at radius 2 is 1.48 bits per heavy atom. The van der Waals surface area contributed by atoms with Crippen molar-refractivity contribution in [3.05, 3.63) is 134 Å². The topological polar surface area (TPSA) is 67.9 Å². The van der Waals surface area contributed by atoms with Crippen LogP contribution in [0.3, 0.4) is 0 Å². The maximum atomic E-state index is 12.4. The fourth-order valence-electron chi connectivity index (χ4n) is 4.17. The highest BCUT2D eigenvalue weighted by molar-refractivity contribution is 9.10. The Balaban J connectivity index is 0.000000249. The molecule has 0 heterocycles. The lowest BCUT2D eigenvalue weighted by Gasteiger charge is -2.15. The molecule has 1 N–H and O–H groups in total. The van der Waals surface area contributed by atoms with E-state index in [-0.39, 0.29) is 11.9 Å². The highest BCUT2D eigenvalue weighted by Gasteiger charge is 2.16. The standard InChI is InChI=1S/C20H23BrN2O2.C16H15BrO2/c1-5-25-20(24)18(17-10-7-11-19(21)14(17)2)13-22-15-8-6-9-16(12-15)23(3)4;1-12-14(8-5-9-15(12)17)10-16(18)19-11-13-6-3-2-4-7-13/h6-13,22H,5H2,1-4H3;2-9H,10-11H2,1H3. The Morgan fingerprint density at radius 3 is 2.16 bits per heavy atom. The summed E-state index contributed by atoms with van der Waals surface area (Å²) in [6, 6.07) is 29.3. The van der Waals surface area contributed by atoms with Crippen LogP contribution >= 0.6 is 31.9 Å². The monoisotopic (exact) mass is 720 g/mol. The van der Waals surface area contributed by atoms with Crippen LogP contribution in [0.1, 0.15) is 34.7 Å². The largest absolute Gasteiger partial charge is 0.462 e. The van der Waals surface area contributed by atoms with Gasteiger partial charge in [-0.15, -0.1) is 0 Å². The molecule has 0 aliphatic carbocycles. The van der Waals surface area contributed by atoms with Gasteiger partial charge in [-0.05, 0) is 78.9 Å². The van der Waals surface area contributed by atoms with Gasteiger partial charge < -0.3 is 19.7 Å². The third-order valence-corrected chi connectivity index (χ3v) is 8.47. The molecule has 0 atom stereocenters. The van der Waals surface area contributed by atoms with Crippen molar-refractivity contribution in [3.8, 4) is 0 Å². The number of hydrogen-bond acceptors (Lipinski definition) is 6. The molecule has 0 saturated carbocycles. The Labute approximate surface area is 277 Å². The zero-order chi connectivity index (χ0) is 32.1. The highest BCUT2D eigenvalue weighted by Crippen LogP contribution is 2.27. The Hall–Kier alpha value is -3.88. The molecule has 0 bridgehead atoms. The molecule has 0 aliphatic rings. The minimum absolute atomic E-state index is 0.204. The zero-order valence-electron chi connectivity index (χ0n) is 25.7. The second-order valence-corrected chi connectivity index (χ2v) is 11.8. The lowest BCUT2D eigenvalue weighted by molar-refractivity contribution is -0.144. The fraction of sp³-hybridized carbons (Fsp3) is 0.222. The average Bonchev–Trinajstić information content (AvgIpc) is 3.01. The summed E-state index contributed by atoms with van der Waals surface area (Å²) in [6.07, 6.45) is 2.01. The fourth-order valence-corrected chi connectivity index (χ4v) is 4.95. The first kappa shape index (κ1) is 34.6. The van der Waals surface area contributed by atoms with Gasteiger partial charge >= 0.3 is 11.9 Å². The lowest BCUT2D eigenvalue weighted by Crippen LogP contribution is -2.10. The van der Waals surface area contributed by atoms with E-state index in [1.54, 1.807) is 13.1 Å². The number of nitrogens with one attached hydrogen (secondary N) is 1. The van der Waals surface area contributed by atoms with Crippen LogP contribution in [-0.2, 0) is 32.1 Å². The number of hydrogen-bond donors (Lipinski definition) is 1. The lowest BCUT2D eigenvalue weighted by atomic mass is 10.0. The molecule has 4 rings (SSSR count). The van der Waals surface area contributed by atoms with Crippen molar-refractivity contribution < 1.29 is 19.1 Å². The SMILES string of the molecule is CCOC(=O)C(=CNc1cccc(N(C)C)c1)c1cccc(Br)c1C.Cc1c(Br)cccc1CC(=O)OCc1ccccc1. The van der Waals surface area contributed by atoms with E-state index in [0.29, 0.717) is 25.2 Å². The van der Waals surface area contributed by atoms with Gasteiger partial charge in [0.1, 0.15) is 6.61 Å². The van der Waals surface area contributed by atoms with E-state index in [4.69, 9.17) is 9.47 Å². The number of carbonyl (C=O) groups is 2. The summed E-state index contributed by atoms with van der Waals surface area (Å²) in [6.45, 7) is 6.42. The number of halogens is 2. The second kappa shape index (κ2) is 17.4. The summed E-state index contributed by atoms with van der Waals surface area (Å²) in [5.41, 5.74) is 7.38. The van der Waals surface area contributed by atoms with Crippen molar-refractivity contribution in [1.82, 2.24) is 0 Å². The van der Waals surface area contributed by atoms with Crippen molar-refractivity contribution in [2.24, 2.45) is 0 Å². The van der Waals surface area contributed by atoms with Gasteiger partial charge in [0.2, 0.25) is 0 Å². The molecule has 4 aromatic carbocycles. The number of anilines is 2. The number of ether oxygens (including phenoxy) is 2. The van der Waals surface area contributed by atoms with Gasteiger partial charge in [0.25, 0.3) is 0 Å². The summed E-state index contributed by atoms with van der Waals surface area (Å²) in [7, 11) is 3.98. The number of nitrogens with zero attached hydrogens (tertiary/aromatic N) is 1. The third kappa shape index (κ3) is 10.4. The van der Waals surface area contributed by atoms with Crippen LogP contribution in [0.5, 0.6) is 0 Å². The van der Waals surface area contributed by atoms with E-state index in [2.05, 4.69) is 37.2 Å². The van der Waals surface area contributed by atoms with E-state index < -0.39 is 0 Å². The Kier molecular flexibility index (Phi) is 13.7. The molecule has 44 heavy (non-hydrogen) atoms. The van der Waals surface area contributed by atoms with Crippen LogP contribution in [-0.4, -0.2) is 32.6 Å². The van der Waals surface area contributed by atoms with Crippen LogP contribution in [0, 0.1) is 13.8 Å². The minimum atomic E-state index is -0.347. The molecule has 0 aromatic heterocycles. The van der Waals surface area contributed by atoms with Gasteiger partial charge in [-0.2, -0.15) is 0 Å². The van der Waals surface area contributed by atoms with E-state index in [9.17, 15) is 9.59 Å². The second-order valence-electron chi connectivity index (χ2n) is 10.1. The molecular weight excluding hydrogens is 684 g/mol. The van der Waals surface area contributed by atoms with Crippen molar-refractivity contribution in [1.29, 1.82) is 0 Å². The van der Waals surface area contributed by atoms with Crippen LogP contribution < -0.4 is 10.2 Å². The van der Waals surface area contributed by atoms with Gasteiger partial charge in [0, 0.05) is 40.6 Å². The molecule has 8 heteroatoms. The van der Waals surface area contributed by atoms with Gasteiger partial charge in [0.15, 0.2) is 0 Å². The van der Waals surface area contributed by atoms with E-state index in [0.717, 1.165) is 48.1 Å². The average molecular weight is 723 g/mol. The Bertz CT molecular complexity index is 1590. The zero-order valence-corrected chi connectivity index (χ0v) is 28.9. The Morgan fingerprint density at radius 1 is 0.818 bits per heavy atom. The van der Waals surface area contributed by atoms with Gasteiger partial charge in [0.05, 0.1) is 18.6 Å². The first-order valence-electron chi connectivity index (χ1n) is 14.2.